The monoisotopic (exact) mass is 281 g/mol. The Morgan fingerprint density at radius 1 is 1.45 bits per heavy atom. The second-order valence-electron chi connectivity index (χ2n) is 4.14. The van der Waals surface area contributed by atoms with Gasteiger partial charge >= 0.3 is 6.03 Å². The number of carbonyl (C=O) groups excluding carboxylic acids is 1. The SMILES string of the molecule is CCOCCCNC(=O)Nc1cccc([N+](=O)[O-])c1C. The minimum Gasteiger partial charge on any atom is -0.382 e. The molecule has 110 valence electrons. The predicted octanol–water partition coefficient (Wildman–Crippen LogP) is 2.45. The fourth-order valence-electron chi connectivity index (χ4n) is 1.64. The van der Waals surface area contributed by atoms with E-state index < -0.39 is 4.92 Å². The van der Waals surface area contributed by atoms with Crippen molar-refractivity contribution in [1.29, 1.82) is 0 Å². The second kappa shape index (κ2) is 8.11. The zero-order valence-electron chi connectivity index (χ0n) is 11.6. The van der Waals surface area contributed by atoms with Crippen molar-refractivity contribution in [1.82, 2.24) is 5.32 Å². The average molecular weight is 281 g/mol. The van der Waals surface area contributed by atoms with Gasteiger partial charge in [0.05, 0.1) is 16.2 Å². The lowest BCUT2D eigenvalue weighted by molar-refractivity contribution is -0.385. The predicted molar refractivity (Wildman–Crippen MR) is 76.0 cm³/mol. The van der Waals surface area contributed by atoms with E-state index in [9.17, 15) is 14.9 Å². The lowest BCUT2D eigenvalue weighted by Crippen LogP contribution is -2.30. The van der Waals surface area contributed by atoms with Crippen LogP contribution >= 0.6 is 0 Å². The smallest absolute Gasteiger partial charge is 0.319 e. The molecule has 0 saturated heterocycles. The third kappa shape index (κ3) is 4.85. The Hall–Kier alpha value is -2.15. The Kier molecular flexibility index (Phi) is 6.45. The van der Waals surface area contributed by atoms with Gasteiger partial charge < -0.3 is 15.4 Å². The molecule has 7 heteroatoms. The van der Waals surface area contributed by atoms with E-state index in [1.165, 1.54) is 12.1 Å². The molecule has 1 aromatic rings. The van der Waals surface area contributed by atoms with Crippen LogP contribution in [0.25, 0.3) is 0 Å². The van der Waals surface area contributed by atoms with Crippen molar-refractivity contribution in [3.63, 3.8) is 0 Å². The van der Waals surface area contributed by atoms with Gasteiger partial charge in [-0.25, -0.2) is 4.79 Å². The average Bonchev–Trinajstić information content (AvgIpc) is 2.40. The fraction of sp³-hybridized carbons (Fsp3) is 0.462. The highest BCUT2D eigenvalue weighted by atomic mass is 16.6. The Morgan fingerprint density at radius 2 is 2.20 bits per heavy atom. The number of amides is 2. The highest BCUT2D eigenvalue weighted by Gasteiger charge is 2.14. The van der Waals surface area contributed by atoms with Gasteiger partial charge in [-0.05, 0) is 26.3 Å². The van der Waals surface area contributed by atoms with Crippen LogP contribution in [0.1, 0.15) is 18.9 Å². The zero-order valence-corrected chi connectivity index (χ0v) is 11.6. The topological polar surface area (TPSA) is 93.5 Å². The number of hydrogen-bond donors (Lipinski definition) is 2. The van der Waals surface area contributed by atoms with Crippen LogP contribution < -0.4 is 10.6 Å². The van der Waals surface area contributed by atoms with E-state index in [1.807, 2.05) is 6.92 Å². The summed E-state index contributed by atoms with van der Waals surface area (Å²) in [6.07, 6.45) is 0.717. The number of benzene rings is 1. The first kappa shape index (κ1) is 15.9. The number of hydrogen-bond acceptors (Lipinski definition) is 4. The van der Waals surface area contributed by atoms with E-state index in [1.54, 1.807) is 13.0 Å². The molecule has 0 aliphatic carbocycles. The summed E-state index contributed by atoms with van der Waals surface area (Å²) in [6.45, 7) is 5.24. The molecular formula is C13H19N3O4. The number of nitrogens with one attached hydrogen (secondary N) is 2. The van der Waals surface area contributed by atoms with Crippen molar-refractivity contribution >= 4 is 17.4 Å². The molecule has 2 amide bonds. The Morgan fingerprint density at radius 3 is 2.85 bits per heavy atom. The number of nitrogens with zero attached hydrogens (tertiary/aromatic N) is 1. The molecule has 0 aromatic heterocycles. The molecule has 0 unspecified atom stereocenters. The van der Waals surface area contributed by atoms with E-state index in [-0.39, 0.29) is 11.7 Å². The third-order valence-corrected chi connectivity index (χ3v) is 2.71. The van der Waals surface area contributed by atoms with Crippen LogP contribution in [0.5, 0.6) is 0 Å². The van der Waals surface area contributed by atoms with Gasteiger partial charge in [0.25, 0.3) is 5.69 Å². The van der Waals surface area contributed by atoms with Gasteiger partial charge in [-0.1, -0.05) is 6.07 Å². The summed E-state index contributed by atoms with van der Waals surface area (Å²) in [6, 6.07) is 4.18. The quantitative estimate of drug-likeness (QED) is 0.456. The molecule has 2 N–H and O–H groups in total. The molecule has 7 nitrogen and oxygen atoms in total. The first-order valence-corrected chi connectivity index (χ1v) is 6.42. The minimum absolute atomic E-state index is 0.0147. The van der Waals surface area contributed by atoms with Crippen molar-refractivity contribution in [2.24, 2.45) is 0 Å². The lowest BCUT2D eigenvalue weighted by atomic mass is 10.1. The van der Waals surface area contributed by atoms with Crippen LogP contribution in [0.4, 0.5) is 16.2 Å². The van der Waals surface area contributed by atoms with Crippen molar-refractivity contribution in [2.45, 2.75) is 20.3 Å². The van der Waals surface area contributed by atoms with Crippen LogP contribution in [-0.4, -0.2) is 30.7 Å². The van der Waals surface area contributed by atoms with Gasteiger partial charge in [0.1, 0.15) is 0 Å². The van der Waals surface area contributed by atoms with E-state index in [2.05, 4.69) is 10.6 Å². The summed E-state index contributed by atoms with van der Waals surface area (Å²) in [5, 5.41) is 16.1. The maximum Gasteiger partial charge on any atom is 0.319 e. The molecule has 1 rings (SSSR count). The van der Waals surface area contributed by atoms with E-state index >= 15 is 0 Å². The number of nitro benzene ring substituents is 1. The standard InChI is InChI=1S/C13H19N3O4/c1-3-20-9-5-8-14-13(17)15-11-6-4-7-12(10(11)2)16(18)19/h4,6-7H,3,5,8-9H2,1-2H3,(H2,14,15,17). The maximum atomic E-state index is 11.6. The lowest BCUT2D eigenvalue weighted by Gasteiger charge is -2.10. The first-order valence-electron chi connectivity index (χ1n) is 6.42. The highest BCUT2D eigenvalue weighted by molar-refractivity contribution is 5.90. The van der Waals surface area contributed by atoms with Crippen molar-refractivity contribution in [2.75, 3.05) is 25.1 Å². The number of carbonyl (C=O) groups is 1. The molecule has 0 aliphatic heterocycles. The molecule has 0 radical (unpaired) electrons. The highest BCUT2D eigenvalue weighted by Crippen LogP contribution is 2.24. The molecular weight excluding hydrogens is 262 g/mol. The Labute approximate surface area is 117 Å². The number of rotatable bonds is 7. The summed E-state index contributed by atoms with van der Waals surface area (Å²) >= 11 is 0. The van der Waals surface area contributed by atoms with E-state index in [0.29, 0.717) is 31.0 Å². The van der Waals surface area contributed by atoms with Crippen LogP contribution in [-0.2, 0) is 4.74 Å². The largest absolute Gasteiger partial charge is 0.382 e. The van der Waals surface area contributed by atoms with Gasteiger partial charge in [-0.15, -0.1) is 0 Å². The van der Waals surface area contributed by atoms with Crippen molar-refractivity contribution < 1.29 is 14.5 Å². The van der Waals surface area contributed by atoms with Crippen LogP contribution in [0.2, 0.25) is 0 Å². The summed E-state index contributed by atoms with van der Waals surface area (Å²) in [5.74, 6) is 0. The Balaban J connectivity index is 2.50. The Bertz CT molecular complexity index is 477. The van der Waals surface area contributed by atoms with Gasteiger partial charge in [0.15, 0.2) is 0 Å². The number of ether oxygens (including phenoxy) is 1. The van der Waals surface area contributed by atoms with Crippen molar-refractivity contribution in [3.8, 4) is 0 Å². The zero-order chi connectivity index (χ0) is 15.0. The normalized spacial score (nSPS) is 10.1. The summed E-state index contributed by atoms with van der Waals surface area (Å²) in [7, 11) is 0. The fourth-order valence-corrected chi connectivity index (χ4v) is 1.64. The van der Waals surface area contributed by atoms with Crippen LogP contribution in [0.15, 0.2) is 18.2 Å². The molecule has 20 heavy (non-hydrogen) atoms. The molecule has 0 spiro atoms. The number of anilines is 1. The minimum atomic E-state index is -0.472. The summed E-state index contributed by atoms with van der Waals surface area (Å²) in [4.78, 5) is 22.0. The molecule has 0 fully saturated rings. The van der Waals surface area contributed by atoms with Gasteiger partial charge in [0.2, 0.25) is 0 Å². The molecule has 0 atom stereocenters. The molecule has 0 saturated carbocycles. The molecule has 0 aliphatic rings. The number of nitro groups is 1. The third-order valence-electron chi connectivity index (χ3n) is 2.71. The molecule has 0 bridgehead atoms. The maximum absolute atomic E-state index is 11.6. The molecule has 0 heterocycles. The first-order chi connectivity index (χ1) is 9.56. The van der Waals surface area contributed by atoms with E-state index in [4.69, 9.17) is 4.74 Å². The van der Waals surface area contributed by atoms with Crippen LogP contribution in [0, 0.1) is 17.0 Å². The van der Waals surface area contributed by atoms with Gasteiger partial charge in [-0.2, -0.15) is 0 Å². The van der Waals surface area contributed by atoms with Gasteiger partial charge in [-0.3, -0.25) is 10.1 Å². The van der Waals surface area contributed by atoms with Gasteiger partial charge in [0, 0.05) is 25.8 Å². The number of urea groups is 1. The molecule has 1 aromatic carbocycles. The summed E-state index contributed by atoms with van der Waals surface area (Å²) in [5.41, 5.74) is 0.850. The van der Waals surface area contributed by atoms with Crippen molar-refractivity contribution in [3.05, 3.63) is 33.9 Å². The summed E-state index contributed by atoms with van der Waals surface area (Å²) < 4.78 is 5.15. The van der Waals surface area contributed by atoms with Crippen LogP contribution in [0.3, 0.4) is 0 Å². The second-order valence-corrected chi connectivity index (χ2v) is 4.14. The van der Waals surface area contributed by atoms with E-state index in [0.717, 1.165) is 6.42 Å².